The second-order valence-electron chi connectivity index (χ2n) is 5.31. The van der Waals surface area contributed by atoms with Gasteiger partial charge in [0.15, 0.2) is 0 Å². The summed E-state index contributed by atoms with van der Waals surface area (Å²) < 4.78 is 6.03. The van der Waals surface area contributed by atoms with E-state index in [2.05, 4.69) is 22.6 Å². The fraction of sp³-hybridized carbons (Fsp3) is 0.429. The van der Waals surface area contributed by atoms with E-state index < -0.39 is 11.4 Å². The first kappa shape index (κ1) is 16.4. The predicted molar refractivity (Wildman–Crippen MR) is 87.0 cm³/mol. The average molecular weight is 424 g/mol. The third-order valence-corrected chi connectivity index (χ3v) is 5.27. The molecule has 1 aromatic carbocycles. The lowest BCUT2D eigenvalue weighted by molar-refractivity contribution is -0.147. The van der Waals surface area contributed by atoms with Crippen LogP contribution in [0.1, 0.15) is 23.7 Å². The van der Waals surface area contributed by atoms with Crippen LogP contribution in [0.4, 0.5) is 0 Å². The number of amides is 1. The van der Waals surface area contributed by atoms with Crippen molar-refractivity contribution in [2.24, 2.45) is 5.41 Å². The van der Waals surface area contributed by atoms with E-state index in [9.17, 15) is 14.7 Å². The van der Waals surface area contributed by atoms with E-state index in [0.29, 0.717) is 29.3 Å². The number of carbonyl (C=O) groups is 2. The first-order chi connectivity index (χ1) is 9.78. The SMILES string of the molecule is COc1cc(I)c(Cl)cc1C(=O)N1CCC(C)(C(=O)O)C1. The summed E-state index contributed by atoms with van der Waals surface area (Å²) in [6.07, 6.45) is 0.439. The van der Waals surface area contributed by atoms with Gasteiger partial charge in [0.05, 0.1) is 23.1 Å². The molecule has 1 N–H and O–H groups in total. The number of hydrogen-bond donors (Lipinski definition) is 1. The average Bonchev–Trinajstić information content (AvgIpc) is 2.84. The van der Waals surface area contributed by atoms with E-state index in [0.717, 1.165) is 3.57 Å². The van der Waals surface area contributed by atoms with Gasteiger partial charge in [0.1, 0.15) is 5.75 Å². The lowest BCUT2D eigenvalue weighted by Gasteiger charge is -2.21. The molecule has 0 saturated carbocycles. The zero-order valence-electron chi connectivity index (χ0n) is 11.7. The number of rotatable bonds is 3. The number of carboxylic acids is 1. The minimum atomic E-state index is -0.893. The van der Waals surface area contributed by atoms with Crippen molar-refractivity contribution in [3.05, 3.63) is 26.3 Å². The van der Waals surface area contributed by atoms with Gasteiger partial charge in [-0.3, -0.25) is 9.59 Å². The van der Waals surface area contributed by atoms with Crippen molar-refractivity contribution in [2.45, 2.75) is 13.3 Å². The molecule has 1 fully saturated rings. The summed E-state index contributed by atoms with van der Waals surface area (Å²) in [6, 6.07) is 3.27. The highest BCUT2D eigenvalue weighted by Crippen LogP contribution is 2.34. The van der Waals surface area contributed by atoms with Gasteiger partial charge in [0, 0.05) is 16.7 Å². The van der Waals surface area contributed by atoms with E-state index in [1.807, 2.05) is 0 Å². The molecule has 0 bridgehead atoms. The van der Waals surface area contributed by atoms with Gasteiger partial charge in [-0.1, -0.05) is 11.6 Å². The van der Waals surface area contributed by atoms with Crippen molar-refractivity contribution in [3.63, 3.8) is 0 Å². The highest BCUT2D eigenvalue weighted by molar-refractivity contribution is 14.1. The van der Waals surface area contributed by atoms with Crippen molar-refractivity contribution in [3.8, 4) is 5.75 Å². The van der Waals surface area contributed by atoms with Crippen LogP contribution in [0.15, 0.2) is 12.1 Å². The number of benzene rings is 1. The summed E-state index contributed by atoms with van der Waals surface area (Å²) in [7, 11) is 1.49. The minimum absolute atomic E-state index is 0.188. The maximum Gasteiger partial charge on any atom is 0.311 e. The lowest BCUT2D eigenvalue weighted by Crippen LogP contribution is -2.35. The van der Waals surface area contributed by atoms with Gasteiger partial charge in [-0.15, -0.1) is 0 Å². The summed E-state index contributed by atoms with van der Waals surface area (Å²) in [5.41, 5.74) is -0.534. The Balaban J connectivity index is 2.30. The van der Waals surface area contributed by atoms with Gasteiger partial charge in [-0.2, -0.15) is 0 Å². The molecule has 0 aliphatic carbocycles. The minimum Gasteiger partial charge on any atom is -0.496 e. The van der Waals surface area contributed by atoms with Crippen LogP contribution in [-0.4, -0.2) is 42.1 Å². The molecule has 1 amide bonds. The Hall–Kier alpha value is -1.02. The molecule has 114 valence electrons. The number of halogens is 2. The molecule has 7 heteroatoms. The normalized spacial score (nSPS) is 21.4. The maximum atomic E-state index is 12.6. The molecule has 5 nitrogen and oxygen atoms in total. The van der Waals surface area contributed by atoms with Crippen molar-refractivity contribution in [2.75, 3.05) is 20.2 Å². The molecule has 1 heterocycles. The van der Waals surface area contributed by atoms with Gasteiger partial charge < -0.3 is 14.7 Å². The molecule has 1 atom stereocenters. The molecular formula is C14H15ClINO4. The van der Waals surface area contributed by atoms with Crippen LogP contribution >= 0.6 is 34.2 Å². The van der Waals surface area contributed by atoms with Crippen LogP contribution < -0.4 is 4.74 Å². The van der Waals surface area contributed by atoms with Crippen LogP contribution in [0.5, 0.6) is 5.75 Å². The standard InChI is InChI=1S/C14H15ClINO4/c1-14(13(19)20)3-4-17(7-14)12(18)8-5-9(15)10(16)6-11(8)21-2/h5-6H,3-4,7H2,1-2H3,(H,19,20). The highest BCUT2D eigenvalue weighted by atomic mass is 127. The predicted octanol–water partition coefficient (Wildman–Crippen LogP) is 2.89. The van der Waals surface area contributed by atoms with Gasteiger partial charge in [0.2, 0.25) is 0 Å². The molecule has 1 unspecified atom stereocenters. The molecule has 1 aliphatic rings. The third kappa shape index (κ3) is 3.11. The van der Waals surface area contributed by atoms with Crippen molar-refractivity contribution < 1.29 is 19.4 Å². The second-order valence-corrected chi connectivity index (χ2v) is 6.88. The summed E-state index contributed by atoms with van der Waals surface area (Å²) in [6.45, 7) is 2.25. The molecule has 2 rings (SSSR count). The van der Waals surface area contributed by atoms with E-state index >= 15 is 0 Å². The zero-order chi connectivity index (χ0) is 15.8. The first-order valence-electron chi connectivity index (χ1n) is 6.34. The van der Waals surface area contributed by atoms with Crippen molar-refractivity contribution >= 4 is 46.1 Å². The monoisotopic (exact) mass is 423 g/mol. The van der Waals surface area contributed by atoms with Gasteiger partial charge in [-0.05, 0) is 48.1 Å². The fourth-order valence-electron chi connectivity index (χ4n) is 2.34. The Bertz CT molecular complexity index is 607. The van der Waals surface area contributed by atoms with Gasteiger partial charge in [0.25, 0.3) is 5.91 Å². The molecule has 0 radical (unpaired) electrons. The number of methoxy groups -OCH3 is 1. The Morgan fingerprint density at radius 1 is 1.48 bits per heavy atom. The van der Waals surface area contributed by atoms with Crippen LogP contribution in [0.2, 0.25) is 5.02 Å². The molecular weight excluding hydrogens is 409 g/mol. The number of aliphatic carboxylic acids is 1. The number of nitrogens with zero attached hydrogens (tertiary/aromatic N) is 1. The van der Waals surface area contributed by atoms with Crippen molar-refractivity contribution in [1.29, 1.82) is 0 Å². The van der Waals surface area contributed by atoms with Crippen molar-refractivity contribution in [1.82, 2.24) is 4.90 Å². The number of carboxylic acid groups (broad SMARTS) is 1. The molecule has 0 spiro atoms. The van der Waals surface area contributed by atoms with E-state index in [1.165, 1.54) is 12.0 Å². The summed E-state index contributed by atoms with van der Waals surface area (Å²) in [5.74, 6) is -0.696. The molecule has 21 heavy (non-hydrogen) atoms. The number of likely N-dealkylation sites (tertiary alicyclic amines) is 1. The Labute approximate surface area is 141 Å². The summed E-state index contributed by atoms with van der Waals surface area (Å²) in [5, 5.41) is 9.71. The molecule has 1 aliphatic heterocycles. The third-order valence-electron chi connectivity index (χ3n) is 3.75. The number of hydrogen-bond acceptors (Lipinski definition) is 3. The largest absolute Gasteiger partial charge is 0.496 e. The number of ether oxygens (including phenoxy) is 1. The van der Waals surface area contributed by atoms with Gasteiger partial charge >= 0.3 is 5.97 Å². The quantitative estimate of drug-likeness (QED) is 0.759. The van der Waals surface area contributed by atoms with E-state index in [4.69, 9.17) is 16.3 Å². The van der Waals surface area contributed by atoms with Crippen LogP contribution in [0.3, 0.4) is 0 Å². The topological polar surface area (TPSA) is 66.8 Å². The van der Waals surface area contributed by atoms with E-state index in [-0.39, 0.29) is 12.5 Å². The highest BCUT2D eigenvalue weighted by Gasteiger charge is 2.42. The second kappa shape index (κ2) is 6.00. The van der Waals surface area contributed by atoms with Crippen LogP contribution in [0.25, 0.3) is 0 Å². The fourth-order valence-corrected chi connectivity index (χ4v) is 2.95. The van der Waals surface area contributed by atoms with E-state index in [1.54, 1.807) is 19.1 Å². The molecule has 1 saturated heterocycles. The summed E-state index contributed by atoms with van der Waals surface area (Å²) in [4.78, 5) is 25.4. The lowest BCUT2D eigenvalue weighted by atomic mass is 9.90. The maximum absolute atomic E-state index is 12.6. The number of carbonyl (C=O) groups excluding carboxylic acids is 1. The van der Waals surface area contributed by atoms with Crippen LogP contribution in [0, 0.1) is 8.99 Å². The Kier molecular flexibility index (Phi) is 4.67. The zero-order valence-corrected chi connectivity index (χ0v) is 14.6. The first-order valence-corrected chi connectivity index (χ1v) is 7.80. The van der Waals surface area contributed by atoms with Gasteiger partial charge in [-0.25, -0.2) is 0 Å². The van der Waals surface area contributed by atoms with Crippen LogP contribution in [-0.2, 0) is 4.79 Å². The smallest absolute Gasteiger partial charge is 0.311 e. The molecule has 0 aromatic heterocycles. The summed E-state index contributed by atoms with van der Waals surface area (Å²) >= 11 is 8.13. The Morgan fingerprint density at radius 3 is 2.67 bits per heavy atom. The Morgan fingerprint density at radius 2 is 2.14 bits per heavy atom. The molecule has 1 aromatic rings.